The topological polar surface area (TPSA) is 67.3 Å². The Morgan fingerprint density at radius 3 is 2.47 bits per heavy atom. The molecule has 4 aromatic rings. The molecular weight excluding hydrogens is 435 g/mol. The van der Waals surface area contributed by atoms with Gasteiger partial charge in [0.15, 0.2) is 27.6 Å². The summed E-state index contributed by atoms with van der Waals surface area (Å²) in [6.45, 7) is 1.36. The number of hydrogen-bond acceptors (Lipinski definition) is 5. The predicted molar refractivity (Wildman–Crippen MR) is 109 cm³/mol. The summed E-state index contributed by atoms with van der Waals surface area (Å²) in [4.78, 5) is 28.5. The third-order valence-corrected chi connectivity index (χ3v) is 6.69. The van der Waals surface area contributed by atoms with Crippen LogP contribution in [0.1, 0.15) is 31.3 Å². The molecule has 4 nitrogen and oxygen atoms in total. The van der Waals surface area contributed by atoms with Crippen molar-refractivity contribution < 1.29 is 27.9 Å². The van der Waals surface area contributed by atoms with Crippen molar-refractivity contribution in [2.45, 2.75) is 13.3 Å². The summed E-state index contributed by atoms with van der Waals surface area (Å²) in [7, 11) is 0. The molecule has 152 valence electrons. The Morgan fingerprint density at radius 2 is 1.77 bits per heavy atom. The molecule has 0 unspecified atom stereocenters. The van der Waals surface area contributed by atoms with Crippen LogP contribution in [-0.4, -0.2) is 21.8 Å². The van der Waals surface area contributed by atoms with Gasteiger partial charge in [-0.3, -0.25) is 4.79 Å². The molecule has 0 amide bonds. The normalized spacial score (nSPS) is 11.2. The Labute approximate surface area is 176 Å². The summed E-state index contributed by atoms with van der Waals surface area (Å²) in [5.41, 5.74) is -0.635. The summed E-state index contributed by atoms with van der Waals surface area (Å²) in [6.07, 6.45) is -0.556. The lowest BCUT2D eigenvalue weighted by Crippen LogP contribution is -2.09. The molecule has 0 aliphatic rings. The first-order chi connectivity index (χ1) is 14.3. The molecule has 2 aromatic carbocycles. The summed E-state index contributed by atoms with van der Waals surface area (Å²) in [5, 5.41) is 8.82. The Hall–Kier alpha value is -3.04. The minimum absolute atomic E-state index is 0.0383. The van der Waals surface area contributed by atoms with Gasteiger partial charge < -0.3 is 5.11 Å². The maximum Gasteiger partial charge on any atom is 0.337 e. The number of carbonyl (C=O) groups is 2. The van der Waals surface area contributed by atoms with Gasteiger partial charge in [0.2, 0.25) is 0 Å². The number of carboxylic acid groups (broad SMARTS) is 1. The number of fused-ring (bicyclic) bond motifs is 1. The molecule has 2 aromatic heterocycles. The largest absolute Gasteiger partial charge is 0.478 e. The molecule has 30 heavy (non-hydrogen) atoms. The van der Waals surface area contributed by atoms with Crippen LogP contribution in [-0.2, 0) is 6.42 Å². The fourth-order valence-corrected chi connectivity index (χ4v) is 5.02. The predicted octanol–water partition coefficient (Wildman–Crippen LogP) is 5.87. The van der Waals surface area contributed by atoms with Crippen molar-refractivity contribution in [1.29, 1.82) is 0 Å². The maximum atomic E-state index is 14.7. The van der Waals surface area contributed by atoms with E-state index in [9.17, 15) is 27.9 Å². The molecule has 4 rings (SSSR count). The van der Waals surface area contributed by atoms with Gasteiger partial charge in [-0.2, -0.15) is 4.39 Å². The summed E-state index contributed by atoms with van der Waals surface area (Å²) >= 11 is 1.49. The van der Waals surface area contributed by atoms with Gasteiger partial charge >= 0.3 is 5.97 Å². The van der Waals surface area contributed by atoms with Crippen molar-refractivity contribution in [3.63, 3.8) is 0 Å². The van der Waals surface area contributed by atoms with Crippen LogP contribution in [0.2, 0.25) is 0 Å². The van der Waals surface area contributed by atoms with E-state index in [4.69, 9.17) is 0 Å². The second-order valence-corrected chi connectivity index (χ2v) is 8.51. The number of ketones is 1. The fourth-order valence-electron chi connectivity index (χ4n) is 3.06. The van der Waals surface area contributed by atoms with E-state index < -0.39 is 40.5 Å². The van der Waals surface area contributed by atoms with Crippen molar-refractivity contribution in [1.82, 2.24) is 4.98 Å². The molecular formula is C21H12F3NO3S2. The third-order valence-electron chi connectivity index (χ3n) is 4.56. The number of hydrogen-bond donors (Lipinski definition) is 1. The van der Waals surface area contributed by atoms with Gasteiger partial charge in [-0.25, -0.2) is 18.6 Å². The van der Waals surface area contributed by atoms with Crippen LogP contribution in [0.25, 0.3) is 20.7 Å². The molecule has 0 saturated carbocycles. The van der Waals surface area contributed by atoms with E-state index in [2.05, 4.69) is 4.98 Å². The van der Waals surface area contributed by atoms with Crippen molar-refractivity contribution >= 4 is 44.6 Å². The highest BCUT2D eigenvalue weighted by molar-refractivity contribution is 7.20. The Balaban J connectivity index is 1.78. The van der Waals surface area contributed by atoms with E-state index >= 15 is 0 Å². The summed E-state index contributed by atoms with van der Waals surface area (Å²) < 4.78 is 43.8. The Kier molecular flexibility index (Phi) is 5.17. The van der Waals surface area contributed by atoms with E-state index in [-0.39, 0.29) is 26.6 Å². The molecule has 0 aliphatic carbocycles. The van der Waals surface area contributed by atoms with E-state index in [1.54, 1.807) is 24.3 Å². The van der Waals surface area contributed by atoms with E-state index in [1.165, 1.54) is 19.1 Å². The highest BCUT2D eigenvalue weighted by Crippen LogP contribution is 2.39. The molecule has 0 bridgehead atoms. The SMILES string of the molecule is Cc1ccc(-c2sc(F)c(CC(=O)c3nc4ccccc4s3)c2C(=O)O)c(F)c1F. The van der Waals surface area contributed by atoms with Crippen LogP contribution in [0, 0.1) is 23.7 Å². The fraction of sp³-hybridized carbons (Fsp3) is 0.0952. The van der Waals surface area contributed by atoms with Crippen molar-refractivity contribution in [2.75, 3.05) is 0 Å². The van der Waals surface area contributed by atoms with Gasteiger partial charge in [0.05, 0.1) is 20.7 Å². The van der Waals surface area contributed by atoms with Gasteiger partial charge in [0.1, 0.15) is 0 Å². The number of rotatable bonds is 5. The number of nitrogens with zero attached hydrogens (tertiary/aromatic N) is 1. The molecule has 0 saturated heterocycles. The number of benzene rings is 2. The number of para-hydroxylation sites is 1. The first-order valence-electron chi connectivity index (χ1n) is 8.66. The highest BCUT2D eigenvalue weighted by Gasteiger charge is 2.29. The van der Waals surface area contributed by atoms with Gasteiger partial charge in [-0.05, 0) is 24.6 Å². The number of aromatic nitrogens is 1. The van der Waals surface area contributed by atoms with Crippen LogP contribution in [0.3, 0.4) is 0 Å². The quantitative estimate of drug-likeness (QED) is 0.388. The van der Waals surface area contributed by atoms with Crippen LogP contribution in [0.15, 0.2) is 36.4 Å². The van der Waals surface area contributed by atoms with Crippen LogP contribution in [0.4, 0.5) is 13.2 Å². The highest BCUT2D eigenvalue weighted by atomic mass is 32.1. The van der Waals surface area contributed by atoms with Crippen molar-refractivity contribution in [2.24, 2.45) is 0 Å². The monoisotopic (exact) mass is 447 g/mol. The zero-order chi connectivity index (χ0) is 21.6. The van der Waals surface area contributed by atoms with E-state index in [1.807, 2.05) is 0 Å². The zero-order valence-corrected chi connectivity index (χ0v) is 17.0. The first-order valence-corrected chi connectivity index (χ1v) is 10.3. The molecule has 0 spiro atoms. The average Bonchev–Trinajstić information content (AvgIpc) is 3.28. The average molecular weight is 447 g/mol. The maximum absolute atomic E-state index is 14.7. The lowest BCUT2D eigenvalue weighted by Gasteiger charge is -2.06. The lowest BCUT2D eigenvalue weighted by molar-refractivity contribution is 0.0697. The number of carbonyl (C=O) groups excluding carboxylic acids is 1. The standard InChI is InChI=1S/C21H12F3NO3S2/c1-9-6-7-10(17(23)16(9)22)18-15(21(27)28)11(19(24)30-18)8-13(26)20-25-12-4-2-3-5-14(12)29-20/h2-7H,8H2,1H3,(H,27,28). The minimum Gasteiger partial charge on any atom is -0.478 e. The zero-order valence-electron chi connectivity index (χ0n) is 15.3. The Bertz CT molecular complexity index is 1290. The molecule has 0 aliphatic heterocycles. The van der Waals surface area contributed by atoms with Gasteiger partial charge in [0, 0.05) is 17.5 Å². The van der Waals surface area contributed by atoms with Crippen LogP contribution in [0.5, 0.6) is 0 Å². The summed E-state index contributed by atoms with van der Waals surface area (Å²) in [5.74, 6) is -4.48. The van der Waals surface area contributed by atoms with Gasteiger partial charge in [-0.15, -0.1) is 22.7 Å². The first kappa shape index (κ1) is 20.2. The lowest BCUT2D eigenvalue weighted by atomic mass is 10.0. The third kappa shape index (κ3) is 3.40. The van der Waals surface area contributed by atoms with Crippen molar-refractivity contribution in [3.8, 4) is 10.4 Å². The molecule has 0 atom stereocenters. The van der Waals surface area contributed by atoms with E-state index in [0.717, 1.165) is 16.0 Å². The second-order valence-electron chi connectivity index (χ2n) is 6.51. The number of aryl methyl sites for hydroxylation is 1. The Morgan fingerprint density at radius 1 is 1.03 bits per heavy atom. The molecule has 2 heterocycles. The second kappa shape index (κ2) is 7.66. The number of thiophene rings is 1. The number of carboxylic acids is 1. The molecule has 0 fully saturated rings. The number of thiazole rings is 1. The van der Waals surface area contributed by atoms with Crippen LogP contribution < -0.4 is 0 Å². The number of halogens is 3. The molecule has 9 heteroatoms. The molecule has 0 radical (unpaired) electrons. The van der Waals surface area contributed by atoms with E-state index in [0.29, 0.717) is 16.9 Å². The van der Waals surface area contributed by atoms with Gasteiger partial charge in [-0.1, -0.05) is 24.3 Å². The smallest absolute Gasteiger partial charge is 0.337 e. The minimum atomic E-state index is -1.53. The van der Waals surface area contributed by atoms with Crippen molar-refractivity contribution in [3.05, 3.63) is 74.9 Å². The number of Topliss-reactive ketones (excluding diaryl/α,β-unsaturated/α-hetero) is 1. The number of aromatic carboxylic acids is 1. The molecule has 1 N–H and O–H groups in total. The summed E-state index contributed by atoms with van der Waals surface area (Å²) in [6, 6.07) is 9.54. The van der Waals surface area contributed by atoms with Crippen LogP contribution >= 0.6 is 22.7 Å². The van der Waals surface area contributed by atoms with Gasteiger partial charge in [0.25, 0.3) is 0 Å².